The van der Waals surface area contributed by atoms with E-state index < -0.39 is 15.4 Å². The van der Waals surface area contributed by atoms with Crippen LogP contribution in [0.4, 0.5) is 0 Å². The van der Waals surface area contributed by atoms with Gasteiger partial charge in [-0.15, -0.1) is 0 Å². The largest absolute Gasteiger partial charge is 0.360 e. The molecule has 2 aromatic rings. The molecular formula is C17H27N2O3PSi. The van der Waals surface area contributed by atoms with Gasteiger partial charge in [0, 0.05) is 26.2 Å². The van der Waals surface area contributed by atoms with Crippen molar-refractivity contribution in [3.63, 3.8) is 0 Å². The fourth-order valence-corrected chi connectivity index (χ4v) is 4.92. The van der Waals surface area contributed by atoms with Crippen LogP contribution < -0.4 is 10.7 Å². The van der Waals surface area contributed by atoms with Crippen molar-refractivity contribution in [3.05, 3.63) is 42.6 Å². The average molecular weight is 366 g/mol. The third-order valence-electron chi connectivity index (χ3n) is 3.56. The smallest absolute Gasteiger partial charge is 0.280 e. The Morgan fingerprint density at radius 2 is 1.88 bits per heavy atom. The van der Waals surface area contributed by atoms with Crippen molar-refractivity contribution in [3.8, 4) is 0 Å². The highest BCUT2D eigenvalue weighted by atomic mass is 31.2. The lowest BCUT2D eigenvalue weighted by Crippen LogP contribution is -2.22. The summed E-state index contributed by atoms with van der Waals surface area (Å²) in [4.78, 5) is 0. The molecule has 1 atom stereocenters. The first-order valence-corrected chi connectivity index (χ1v) is 13.6. The Hall–Kier alpha value is -1.20. The minimum atomic E-state index is -3.15. The summed E-state index contributed by atoms with van der Waals surface area (Å²) in [6, 6.07) is 12.1. The van der Waals surface area contributed by atoms with Crippen molar-refractivity contribution in [2.24, 2.45) is 0 Å². The zero-order chi connectivity index (χ0) is 17.6. The van der Waals surface area contributed by atoms with Crippen LogP contribution >= 0.6 is 7.37 Å². The van der Waals surface area contributed by atoms with Gasteiger partial charge in [0.15, 0.2) is 5.44 Å². The van der Waals surface area contributed by atoms with Crippen molar-refractivity contribution in [2.45, 2.75) is 39.3 Å². The second-order valence-electron chi connectivity index (χ2n) is 6.87. The number of hydrogen-bond donors (Lipinski definition) is 0. The standard InChI is InChI=1S/C17H27N2O3PSi/c1-5-22-23(20,16-9-7-6-8-10-16)17-11-12-19(18-17)15-21-13-14-24(2,3)4/h6-12H,5,13-15H2,1-4H3. The summed E-state index contributed by atoms with van der Waals surface area (Å²) >= 11 is 0. The molecule has 5 nitrogen and oxygen atoms in total. The second kappa shape index (κ2) is 8.25. The van der Waals surface area contributed by atoms with Gasteiger partial charge in [-0.2, -0.15) is 5.10 Å². The van der Waals surface area contributed by atoms with Gasteiger partial charge in [0.25, 0.3) is 7.37 Å². The molecular weight excluding hydrogens is 339 g/mol. The molecule has 0 fully saturated rings. The zero-order valence-corrected chi connectivity index (χ0v) is 16.8. The zero-order valence-electron chi connectivity index (χ0n) is 14.9. The lowest BCUT2D eigenvalue weighted by atomic mass is 10.4. The van der Waals surface area contributed by atoms with E-state index in [0.29, 0.717) is 24.1 Å². The van der Waals surface area contributed by atoms with E-state index >= 15 is 0 Å². The molecule has 132 valence electrons. The van der Waals surface area contributed by atoms with Crippen LogP contribution in [0, 0.1) is 0 Å². The predicted octanol–water partition coefficient (Wildman–Crippen LogP) is 3.46. The molecule has 0 aliphatic rings. The Balaban J connectivity index is 2.08. The Morgan fingerprint density at radius 3 is 2.50 bits per heavy atom. The van der Waals surface area contributed by atoms with Crippen molar-refractivity contribution in [1.82, 2.24) is 9.78 Å². The van der Waals surface area contributed by atoms with E-state index in [2.05, 4.69) is 24.7 Å². The summed E-state index contributed by atoms with van der Waals surface area (Å²) in [5, 5.41) is 5.09. The van der Waals surface area contributed by atoms with E-state index in [-0.39, 0.29) is 0 Å². The molecule has 1 aromatic carbocycles. The summed E-state index contributed by atoms with van der Waals surface area (Å²) in [6.07, 6.45) is 1.79. The lowest BCUT2D eigenvalue weighted by molar-refractivity contribution is 0.0788. The van der Waals surface area contributed by atoms with E-state index in [4.69, 9.17) is 9.26 Å². The Labute approximate surface area is 145 Å². The average Bonchev–Trinajstić information content (AvgIpc) is 3.01. The lowest BCUT2D eigenvalue weighted by Gasteiger charge is -2.16. The maximum Gasteiger partial charge on any atom is 0.280 e. The molecule has 1 aromatic heterocycles. The number of aromatic nitrogens is 2. The highest BCUT2D eigenvalue weighted by molar-refractivity contribution is 7.74. The quantitative estimate of drug-likeness (QED) is 0.387. The van der Waals surface area contributed by atoms with E-state index in [0.717, 1.165) is 12.7 Å². The summed E-state index contributed by atoms with van der Waals surface area (Å²) < 4.78 is 26.4. The topological polar surface area (TPSA) is 53.4 Å². The first kappa shape index (κ1) is 19.1. The summed E-state index contributed by atoms with van der Waals surface area (Å²) in [6.45, 7) is 10.3. The molecule has 0 aliphatic carbocycles. The highest BCUT2D eigenvalue weighted by Crippen LogP contribution is 2.43. The summed E-state index contributed by atoms with van der Waals surface area (Å²) in [7, 11) is -4.24. The van der Waals surface area contributed by atoms with E-state index in [1.54, 1.807) is 16.9 Å². The number of ether oxygens (including phenoxy) is 1. The fourth-order valence-electron chi connectivity index (χ4n) is 2.20. The maximum absolute atomic E-state index is 13.4. The first-order valence-electron chi connectivity index (χ1n) is 8.27. The molecule has 0 aliphatic heterocycles. The fraction of sp³-hybridized carbons (Fsp3) is 0.471. The van der Waals surface area contributed by atoms with Gasteiger partial charge >= 0.3 is 0 Å². The van der Waals surface area contributed by atoms with Crippen molar-refractivity contribution in [1.29, 1.82) is 0 Å². The Kier molecular flexibility index (Phi) is 6.58. The van der Waals surface area contributed by atoms with Crippen LogP contribution in [-0.2, 0) is 20.6 Å². The molecule has 0 radical (unpaired) electrons. The molecule has 0 saturated carbocycles. The van der Waals surface area contributed by atoms with E-state index in [1.165, 1.54) is 0 Å². The molecule has 1 unspecified atom stereocenters. The molecule has 1 heterocycles. The van der Waals surface area contributed by atoms with Gasteiger partial charge in [-0.3, -0.25) is 4.57 Å². The van der Waals surface area contributed by atoms with Crippen LogP contribution in [0.1, 0.15) is 6.92 Å². The van der Waals surface area contributed by atoms with Crippen LogP contribution in [-0.4, -0.2) is 31.1 Å². The summed E-state index contributed by atoms with van der Waals surface area (Å²) in [5.74, 6) is 0. The molecule has 0 saturated heterocycles. The summed E-state index contributed by atoms with van der Waals surface area (Å²) in [5.41, 5.74) is 0.462. The number of hydrogen-bond acceptors (Lipinski definition) is 4. The molecule has 24 heavy (non-hydrogen) atoms. The molecule has 0 amide bonds. The van der Waals surface area contributed by atoms with Crippen molar-refractivity contribution < 1.29 is 13.8 Å². The second-order valence-corrected chi connectivity index (χ2v) is 14.8. The van der Waals surface area contributed by atoms with Gasteiger partial charge in [-0.1, -0.05) is 37.8 Å². The van der Waals surface area contributed by atoms with Crippen LogP contribution in [0.5, 0.6) is 0 Å². The van der Waals surface area contributed by atoms with E-state index in [1.807, 2.05) is 37.3 Å². The molecule has 0 bridgehead atoms. The van der Waals surface area contributed by atoms with Gasteiger partial charge in [-0.25, -0.2) is 4.68 Å². The highest BCUT2D eigenvalue weighted by Gasteiger charge is 2.30. The maximum atomic E-state index is 13.4. The third-order valence-corrected chi connectivity index (χ3v) is 7.70. The van der Waals surface area contributed by atoms with Gasteiger partial charge in [0.2, 0.25) is 0 Å². The van der Waals surface area contributed by atoms with E-state index in [9.17, 15) is 4.57 Å². The van der Waals surface area contributed by atoms with Crippen LogP contribution in [0.15, 0.2) is 42.6 Å². The molecule has 0 N–H and O–H groups in total. The van der Waals surface area contributed by atoms with Gasteiger partial charge in [-0.05, 0) is 31.2 Å². The monoisotopic (exact) mass is 366 g/mol. The molecule has 7 heteroatoms. The molecule has 2 rings (SSSR count). The number of rotatable bonds is 9. The minimum Gasteiger partial charge on any atom is -0.360 e. The SMILES string of the molecule is CCOP(=O)(c1ccccc1)c1ccn(COCC[Si](C)(C)C)n1. The molecule has 0 spiro atoms. The third kappa shape index (κ3) is 5.15. The number of nitrogens with zero attached hydrogens (tertiary/aromatic N) is 2. The Bertz CT molecular complexity index is 683. The van der Waals surface area contributed by atoms with Gasteiger partial charge < -0.3 is 9.26 Å². The Morgan fingerprint density at radius 1 is 1.17 bits per heavy atom. The van der Waals surface area contributed by atoms with Gasteiger partial charge in [0.1, 0.15) is 6.73 Å². The number of benzene rings is 1. The van der Waals surface area contributed by atoms with Gasteiger partial charge in [0.05, 0.1) is 6.61 Å². The normalized spacial score (nSPS) is 14.5. The van der Waals surface area contributed by atoms with Crippen molar-refractivity contribution >= 4 is 26.2 Å². The van der Waals surface area contributed by atoms with Crippen LogP contribution in [0.3, 0.4) is 0 Å². The van der Waals surface area contributed by atoms with Crippen LogP contribution in [0.2, 0.25) is 25.7 Å². The predicted molar refractivity (Wildman–Crippen MR) is 101 cm³/mol. The first-order chi connectivity index (χ1) is 11.3. The minimum absolute atomic E-state index is 0.366. The van der Waals surface area contributed by atoms with Crippen LogP contribution in [0.25, 0.3) is 0 Å². The van der Waals surface area contributed by atoms with Crippen molar-refractivity contribution in [2.75, 3.05) is 13.2 Å².